The first kappa shape index (κ1) is 36.6. The SMILES string of the molecule is Cc1nc(CN2CCC(F)(F)CC2)c(-c2ccc(OCCc3ccc(F)cc3)cc2)c(N2CCC(C)(C)CC2)c1C(OC(C)(C)C)C(=O)O. The third kappa shape index (κ3) is 9.54. The van der Waals surface area contributed by atoms with E-state index in [4.69, 9.17) is 14.5 Å². The smallest absolute Gasteiger partial charge is 0.337 e. The highest BCUT2D eigenvalue weighted by molar-refractivity contribution is 5.88. The molecule has 7 nitrogen and oxygen atoms in total. The number of hydrogen-bond acceptors (Lipinski definition) is 6. The molecule has 2 aromatic carbocycles. The number of carbonyl (C=O) groups is 1. The highest BCUT2D eigenvalue weighted by Crippen LogP contribution is 2.46. The van der Waals surface area contributed by atoms with Gasteiger partial charge in [-0.3, -0.25) is 9.88 Å². The number of piperidine rings is 2. The summed E-state index contributed by atoms with van der Waals surface area (Å²) in [6.07, 6.45) is 0.764. The molecule has 3 heterocycles. The van der Waals surface area contributed by atoms with Crippen LogP contribution < -0.4 is 9.64 Å². The number of alkyl halides is 2. The van der Waals surface area contributed by atoms with Gasteiger partial charge in [-0.05, 0) is 81.3 Å². The van der Waals surface area contributed by atoms with Crippen molar-refractivity contribution < 1.29 is 32.5 Å². The van der Waals surface area contributed by atoms with Crippen LogP contribution in [-0.2, 0) is 22.5 Å². The first-order chi connectivity index (χ1) is 23.0. The van der Waals surface area contributed by atoms with Crippen LogP contribution in [0.5, 0.6) is 5.75 Å². The van der Waals surface area contributed by atoms with Crippen LogP contribution in [-0.4, -0.2) is 65.3 Å². The monoisotopic (exact) mass is 681 g/mol. The maximum absolute atomic E-state index is 14.1. The molecule has 1 atom stereocenters. The number of rotatable bonds is 11. The fourth-order valence-electron chi connectivity index (χ4n) is 6.65. The topological polar surface area (TPSA) is 75.1 Å². The van der Waals surface area contributed by atoms with E-state index < -0.39 is 23.6 Å². The summed E-state index contributed by atoms with van der Waals surface area (Å²) in [5.74, 6) is -3.39. The predicted octanol–water partition coefficient (Wildman–Crippen LogP) is 8.62. The lowest BCUT2D eigenvalue weighted by Crippen LogP contribution is -2.40. The van der Waals surface area contributed by atoms with Gasteiger partial charge in [-0.25, -0.2) is 18.0 Å². The fraction of sp³-hybridized carbons (Fsp3) is 0.538. The van der Waals surface area contributed by atoms with E-state index in [1.54, 1.807) is 12.1 Å². The number of likely N-dealkylation sites (tertiary alicyclic amines) is 1. The van der Waals surface area contributed by atoms with Crippen molar-refractivity contribution in [3.63, 3.8) is 0 Å². The summed E-state index contributed by atoms with van der Waals surface area (Å²) in [5, 5.41) is 10.6. The lowest BCUT2D eigenvalue weighted by molar-refractivity contribution is -0.160. The van der Waals surface area contributed by atoms with E-state index >= 15 is 0 Å². The molecule has 0 radical (unpaired) electrons. The number of aromatic nitrogens is 1. The van der Waals surface area contributed by atoms with Gasteiger partial charge < -0.3 is 19.5 Å². The van der Waals surface area contributed by atoms with Gasteiger partial charge in [0.05, 0.1) is 23.6 Å². The van der Waals surface area contributed by atoms with Gasteiger partial charge in [0.1, 0.15) is 11.6 Å². The van der Waals surface area contributed by atoms with Crippen LogP contribution in [0.1, 0.15) is 88.9 Å². The molecule has 1 unspecified atom stereocenters. The summed E-state index contributed by atoms with van der Waals surface area (Å²) < 4.78 is 53.9. The van der Waals surface area contributed by atoms with Crippen LogP contribution in [0.4, 0.5) is 18.9 Å². The van der Waals surface area contributed by atoms with E-state index in [-0.39, 0.29) is 37.2 Å². The number of pyridine rings is 1. The van der Waals surface area contributed by atoms with Crippen molar-refractivity contribution in [1.82, 2.24) is 9.88 Å². The molecular formula is C39H50F3N3O4. The first-order valence-corrected chi connectivity index (χ1v) is 17.3. The van der Waals surface area contributed by atoms with Gasteiger partial charge in [0.15, 0.2) is 6.10 Å². The fourth-order valence-corrected chi connectivity index (χ4v) is 6.65. The molecule has 1 N–H and O–H groups in total. The van der Waals surface area contributed by atoms with E-state index in [2.05, 4.69) is 18.7 Å². The lowest BCUT2D eigenvalue weighted by Gasteiger charge is -2.41. The Hall–Kier alpha value is -3.63. The maximum Gasteiger partial charge on any atom is 0.337 e. The molecule has 0 amide bonds. The van der Waals surface area contributed by atoms with Crippen LogP contribution in [0.2, 0.25) is 0 Å². The van der Waals surface area contributed by atoms with E-state index in [0.717, 1.165) is 54.0 Å². The molecule has 3 aromatic rings. The molecule has 2 aliphatic rings. The molecule has 266 valence electrons. The number of hydrogen-bond donors (Lipinski definition) is 1. The second kappa shape index (κ2) is 14.7. The number of benzene rings is 2. The molecular weight excluding hydrogens is 631 g/mol. The number of nitrogens with zero attached hydrogens (tertiary/aromatic N) is 3. The minimum Gasteiger partial charge on any atom is -0.493 e. The van der Waals surface area contributed by atoms with Gasteiger partial charge in [0.25, 0.3) is 5.92 Å². The van der Waals surface area contributed by atoms with Crippen molar-refractivity contribution in [2.45, 2.75) is 97.8 Å². The third-order valence-electron chi connectivity index (χ3n) is 9.54. The van der Waals surface area contributed by atoms with Crippen LogP contribution in [0.25, 0.3) is 11.1 Å². The Balaban J connectivity index is 1.59. The van der Waals surface area contributed by atoms with E-state index in [1.165, 1.54) is 12.1 Å². The van der Waals surface area contributed by atoms with Gasteiger partial charge in [-0.2, -0.15) is 0 Å². The van der Waals surface area contributed by atoms with Gasteiger partial charge in [-0.15, -0.1) is 0 Å². The van der Waals surface area contributed by atoms with Crippen molar-refractivity contribution in [1.29, 1.82) is 0 Å². The Morgan fingerprint density at radius 3 is 2.14 bits per heavy atom. The highest BCUT2D eigenvalue weighted by Gasteiger charge is 2.38. The van der Waals surface area contributed by atoms with Crippen molar-refractivity contribution in [2.24, 2.45) is 5.41 Å². The molecule has 10 heteroatoms. The molecule has 0 aliphatic carbocycles. The van der Waals surface area contributed by atoms with Crippen molar-refractivity contribution in [3.05, 3.63) is 76.9 Å². The summed E-state index contributed by atoms with van der Waals surface area (Å²) in [6, 6.07) is 14.0. The molecule has 49 heavy (non-hydrogen) atoms. The standard InChI is InChI=1S/C39H50F3N3O4/c1-26-32(35(36(46)47)49-37(2,3)4)34(45-22-16-38(5,6)17-23-45)33(31(43-26)25-44-20-18-39(41,42)19-21-44)28-9-13-30(14-10-28)48-24-15-27-7-11-29(40)12-8-27/h7-14,35H,15-25H2,1-6H3,(H,46,47). The molecule has 0 spiro atoms. The molecule has 5 rings (SSSR count). The molecule has 0 bridgehead atoms. The quantitative estimate of drug-likeness (QED) is 0.217. The Kier molecular flexibility index (Phi) is 11.0. The van der Waals surface area contributed by atoms with E-state index in [1.807, 2.05) is 56.9 Å². The number of carboxylic acids is 1. The highest BCUT2D eigenvalue weighted by atomic mass is 19.3. The summed E-state index contributed by atoms with van der Waals surface area (Å²) in [7, 11) is 0. The van der Waals surface area contributed by atoms with Gasteiger partial charge in [-0.1, -0.05) is 38.1 Å². The molecule has 2 fully saturated rings. The minimum atomic E-state index is -2.68. The van der Waals surface area contributed by atoms with Crippen molar-refractivity contribution in [2.75, 3.05) is 37.7 Å². The summed E-state index contributed by atoms with van der Waals surface area (Å²) in [4.78, 5) is 22.3. The Morgan fingerprint density at radius 2 is 1.57 bits per heavy atom. The Bertz CT molecular complexity index is 1580. The van der Waals surface area contributed by atoms with E-state index in [9.17, 15) is 23.1 Å². The Morgan fingerprint density at radius 1 is 0.959 bits per heavy atom. The number of ether oxygens (including phenoxy) is 2. The zero-order valence-electron chi connectivity index (χ0n) is 29.6. The normalized spacial score (nSPS) is 18.7. The number of carboxylic acid groups (broad SMARTS) is 1. The number of halogens is 3. The summed E-state index contributed by atoms with van der Waals surface area (Å²) in [5.41, 5.74) is 4.55. The molecule has 2 aliphatic heterocycles. The average Bonchev–Trinajstić information content (AvgIpc) is 3.02. The van der Waals surface area contributed by atoms with E-state index in [0.29, 0.717) is 36.6 Å². The van der Waals surface area contributed by atoms with Crippen LogP contribution in [0.3, 0.4) is 0 Å². The number of aryl methyl sites for hydroxylation is 1. The Labute approximate surface area is 288 Å². The largest absolute Gasteiger partial charge is 0.493 e. The first-order valence-electron chi connectivity index (χ1n) is 17.3. The zero-order chi connectivity index (χ0) is 35.6. The predicted molar refractivity (Wildman–Crippen MR) is 186 cm³/mol. The van der Waals surface area contributed by atoms with Crippen LogP contribution >= 0.6 is 0 Å². The number of aliphatic carboxylic acids is 1. The van der Waals surface area contributed by atoms with Crippen LogP contribution in [0.15, 0.2) is 48.5 Å². The second-order valence-electron chi connectivity index (χ2n) is 15.3. The van der Waals surface area contributed by atoms with Gasteiger partial charge in [0, 0.05) is 68.8 Å². The zero-order valence-corrected chi connectivity index (χ0v) is 29.6. The molecule has 2 saturated heterocycles. The second-order valence-corrected chi connectivity index (χ2v) is 15.3. The maximum atomic E-state index is 14.1. The van der Waals surface area contributed by atoms with Gasteiger partial charge in [0.2, 0.25) is 0 Å². The third-order valence-corrected chi connectivity index (χ3v) is 9.54. The average molecular weight is 682 g/mol. The van der Waals surface area contributed by atoms with Gasteiger partial charge >= 0.3 is 5.97 Å². The molecule has 0 saturated carbocycles. The molecule has 1 aromatic heterocycles. The van der Waals surface area contributed by atoms with Crippen LogP contribution in [0, 0.1) is 18.2 Å². The summed E-state index contributed by atoms with van der Waals surface area (Å²) >= 11 is 0. The number of anilines is 1. The summed E-state index contributed by atoms with van der Waals surface area (Å²) in [6.45, 7) is 14.5. The van der Waals surface area contributed by atoms with Crippen molar-refractivity contribution >= 4 is 11.7 Å². The minimum absolute atomic E-state index is 0.141. The van der Waals surface area contributed by atoms with Crippen molar-refractivity contribution in [3.8, 4) is 16.9 Å². The lowest BCUT2D eigenvalue weighted by atomic mass is 9.81.